The van der Waals surface area contributed by atoms with Crippen molar-refractivity contribution in [2.75, 3.05) is 5.32 Å². The average Bonchev–Trinajstić information content (AvgIpc) is 3.05. The van der Waals surface area contributed by atoms with Crippen LogP contribution in [-0.2, 0) is 4.79 Å². The maximum absolute atomic E-state index is 11.1. The molecule has 1 heterocycles. The number of fused-ring (bicyclic) bond motifs is 1. The number of nitrogens with one attached hydrogen (secondary N) is 1. The minimum Gasteiger partial charge on any atom is -0.436 e. The molecule has 128 valence electrons. The van der Waals surface area contributed by atoms with Crippen LogP contribution in [0.5, 0.6) is 0 Å². The van der Waals surface area contributed by atoms with E-state index in [1.807, 2.05) is 66.7 Å². The standard InChI is InChI=1S/C21H15ClN2O2/c1-13(25)23-18-9-4-15(5-10-18)21-24-19-12-16(6-11-20(19)26-21)14-2-7-17(22)8-3-14/h2-12H,1H3,(H,23,25). The molecule has 4 nitrogen and oxygen atoms in total. The molecule has 0 radical (unpaired) electrons. The second kappa shape index (κ2) is 6.65. The van der Waals surface area contributed by atoms with Crippen LogP contribution < -0.4 is 5.32 Å². The van der Waals surface area contributed by atoms with Crippen LogP contribution in [-0.4, -0.2) is 10.9 Å². The fourth-order valence-electron chi connectivity index (χ4n) is 2.77. The van der Waals surface area contributed by atoms with Crippen molar-refractivity contribution in [3.05, 3.63) is 71.8 Å². The van der Waals surface area contributed by atoms with Crippen LogP contribution in [0.15, 0.2) is 71.1 Å². The predicted molar refractivity (Wildman–Crippen MR) is 104 cm³/mol. The molecule has 0 saturated heterocycles. The summed E-state index contributed by atoms with van der Waals surface area (Å²) < 4.78 is 5.87. The van der Waals surface area contributed by atoms with Crippen LogP contribution >= 0.6 is 11.6 Å². The van der Waals surface area contributed by atoms with E-state index in [9.17, 15) is 4.79 Å². The molecule has 0 unspecified atom stereocenters. The number of oxazole rings is 1. The summed E-state index contributed by atoms with van der Waals surface area (Å²) in [6, 6.07) is 21.0. The Kier molecular flexibility index (Phi) is 4.19. The van der Waals surface area contributed by atoms with Gasteiger partial charge in [0.2, 0.25) is 11.8 Å². The van der Waals surface area contributed by atoms with Gasteiger partial charge in [0.1, 0.15) is 5.52 Å². The number of amides is 1. The number of hydrogen-bond acceptors (Lipinski definition) is 3. The quantitative estimate of drug-likeness (QED) is 0.503. The largest absolute Gasteiger partial charge is 0.436 e. The van der Waals surface area contributed by atoms with Gasteiger partial charge in [-0.05, 0) is 59.7 Å². The van der Waals surface area contributed by atoms with Gasteiger partial charge >= 0.3 is 0 Å². The Morgan fingerprint density at radius 1 is 0.923 bits per heavy atom. The van der Waals surface area contributed by atoms with Gasteiger partial charge in [0.15, 0.2) is 5.58 Å². The first-order valence-corrected chi connectivity index (χ1v) is 8.51. The maximum atomic E-state index is 11.1. The second-order valence-electron chi connectivity index (χ2n) is 5.97. The average molecular weight is 363 g/mol. The minimum absolute atomic E-state index is 0.102. The van der Waals surface area contributed by atoms with Crippen LogP contribution in [0.1, 0.15) is 6.92 Å². The van der Waals surface area contributed by atoms with Gasteiger partial charge in [-0.1, -0.05) is 29.8 Å². The highest BCUT2D eigenvalue weighted by molar-refractivity contribution is 6.30. The molecule has 0 aliphatic carbocycles. The Balaban J connectivity index is 1.67. The molecule has 1 N–H and O–H groups in total. The van der Waals surface area contributed by atoms with Crippen molar-refractivity contribution in [2.45, 2.75) is 6.92 Å². The second-order valence-corrected chi connectivity index (χ2v) is 6.40. The summed E-state index contributed by atoms with van der Waals surface area (Å²) in [5, 5.41) is 3.45. The van der Waals surface area contributed by atoms with Crippen molar-refractivity contribution in [2.24, 2.45) is 0 Å². The number of hydrogen-bond donors (Lipinski definition) is 1. The summed E-state index contributed by atoms with van der Waals surface area (Å²) in [5.74, 6) is 0.442. The third kappa shape index (κ3) is 3.32. The van der Waals surface area contributed by atoms with Gasteiger partial charge in [0.05, 0.1) is 0 Å². The molecule has 1 amide bonds. The molecule has 26 heavy (non-hydrogen) atoms. The van der Waals surface area contributed by atoms with E-state index in [2.05, 4.69) is 10.3 Å². The van der Waals surface area contributed by atoms with E-state index in [0.29, 0.717) is 10.9 Å². The summed E-state index contributed by atoms with van der Waals surface area (Å²) in [7, 11) is 0. The van der Waals surface area contributed by atoms with E-state index >= 15 is 0 Å². The Morgan fingerprint density at radius 3 is 2.27 bits per heavy atom. The van der Waals surface area contributed by atoms with Crippen molar-refractivity contribution >= 4 is 34.3 Å². The highest BCUT2D eigenvalue weighted by atomic mass is 35.5. The molecule has 0 aliphatic rings. The summed E-state index contributed by atoms with van der Waals surface area (Å²) in [4.78, 5) is 15.7. The summed E-state index contributed by atoms with van der Waals surface area (Å²) in [6.45, 7) is 1.48. The van der Waals surface area contributed by atoms with Gasteiger partial charge in [0, 0.05) is 23.2 Å². The van der Waals surface area contributed by atoms with Crippen LogP contribution in [0, 0.1) is 0 Å². The zero-order chi connectivity index (χ0) is 18.1. The van der Waals surface area contributed by atoms with Crippen molar-refractivity contribution in [1.29, 1.82) is 0 Å². The van der Waals surface area contributed by atoms with E-state index in [1.54, 1.807) is 0 Å². The lowest BCUT2D eigenvalue weighted by Gasteiger charge is -2.01. The molecule has 3 aromatic carbocycles. The first kappa shape index (κ1) is 16.4. The lowest BCUT2D eigenvalue weighted by atomic mass is 10.1. The lowest BCUT2D eigenvalue weighted by molar-refractivity contribution is -0.114. The molecule has 0 spiro atoms. The summed E-state index contributed by atoms with van der Waals surface area (Å²) >= 11 is 5.95. The molecule has 1 aromatic heterocycles. The maximum Gasteiger partial charge on any atom is 0.227 e. The molecule has 0 bridgehead atoms. The van der Waals surface area contributed by atoms with Gasteiger partial charge in [-0.25, -0.2) is 4.98 Å². The summed E-state index contributed by atoms with van der Waals surface area (Å²) in [6.07, 6.45) is 0. The summed E-state index contributed by atoms with van der Waals surface area (Å²) in [5.41, 5.74) is 5.23. The lowest BCUT2D eigenvalue weighted by Crippen LogP contribution is -2.05. The number of anilines is 1. The van der Waals surface area contributed by atoms with E-state index in [0.717, 1.165) is 33.5 Å². The number of halogens is 1. The molecule has 0 saturated carbocycles. The molecule has 5 heteroatoms. The van der Waals surface area contributed by atoms with Gasteiger partial charge in [0.25, 0.3) is 0 Å². The Hall–Kier alpha value is -3.11. The zero-order valence-corrected chi connectivity index (χ0v) is 14.7. The fraction of sp³-hybridized carbons (Fsp3) is 0.0476. The number of carbonyl (C=O) groups excluding carboxylic acids is 1. The smallest absolute Gasteiger partial charge is 0.227 e. The van der Waals surface area contributed by atoms with Gasteiger partial charge in [-0.2, -0.15) is 0 Å². The topological polar surface area (TPSA) is 55.1 Å². The molecule has 0 fully saturated rings. The first-order chi connectivity index (χ1) is 12.6. The van der Waals surface area contributed by atoms with Crippen molar-refractivity contribution < 1.29 is 9.21 Å². The van der Waals surface area contributed by atoms with Crippen LogP contribution in [0.2, 0.25) is 5.02 Å². The zero-order valence-electron chi connectivity index (χ0n) is 14.0. The normalized spacial score (nSPS) is 10.8. The van der Waals surface area contributed by atoms with Gasteiger partial charge < -0.3 is 9.73 Å². The number of carbonyl (C=O) groups is 1. The third-order valence-electron chi connectivity index (χ3n) is 4.02. The van der Waals surface area contributed by atoms with Crippen LogP contribution in [0.4, 0.5) is 5.69 Å². The SMILES string of the molecule is CC(=O)Nc1ccc(-c2nc3cc(-c4ccc(Cl)cc4)ccc3o2)cc1. The van der Waals surface area contributed by atoms with E-state index in [1.165, 1.54) is 6.92 Å². The van der Waals surface area contributed by atoms with Gasteiger partial charge in [-0.15, -0.1) is 0 Å². The van der Waals surface area contributed by atoms with Crippen molar-refractivity contribution in [3.63, 3.8) is 0 Å². The third-order valence-corrected chi connectivity index (χ3v) is 4.27. The number of nitrogens with zero attached hydrogens (tertiary/aromatic N) is 1. The Bertz CT molecular complexity index is 1080. The molecule has 0 atom stereocenters. The van der Waals surface area contributed by atoms with Crippen molar-refractivity contribution in [1.82, 2.24) is 4.98 Å². The van der Waals surface area contributed by atoms with E-state index in [-0.39, 0.29) is 5.91 Å². The number of aromatic nitrogens is 1. The molecular formula is C21H15ClN2O2. The van der Waals surface area contributed by atoms with E-state index < -0.39 is 0 Å². The molecule has 4 aromatic rings. The highest BCUT2D eigenvalue weighted by Crippen LogP contribution is 2.29. The fourth-order valence-corrected chi connectivity index (χ4v) is 2.90. The highest BCUT2D eigenvalue weighted by Gasteiger charge is 2.10. The molecule has 4 rings (SSSR count). The molecule has 0 aliphatic heterocycles. The monoisotopic (exact) mass is 362 g/mol. The Morgan fingerprint density at radius 2 is 1.58 bits per heavy atom. The minimum atomic E-state index is -0.102. The Labute approximate surface area is 155 Å². The number of rotatable bonds is 3. The van der Waals surface area contributed by atoms with Crippen molar-refractivity contribution in [3.8, 4) is 22.6 Å². The first-order valence-electron chi connectivity index (χ1n) is 8.13. The van der Waals surface area contributed by atoms with Crippen LogP contribution in [0.25, 0.3) is 33.7 Å². The molecular weight excluding hydrogens is 348 g/mol. The van der Waals surface area contributed by atoms with E-state index in [4.69, 9.17) is 16.0 Å². The number of benzene rings is 3. The van der Waals surface area contributed by atoms with Crippen LogP contribution in [0.3, 0.4) is 0 Å². The van der Waals surface area contributed by atoms with Gasteiger partial charge in [-0.3, -0.25) is 4.79 Å². The predicted octanol–water partition coefficient (Wildman–Crippen LogP) is 5.77.